The predicted molar refractivity (Wildman–Crippen MR) is 83.9 cm³/mol. The van der Waals surface area contributed by atoms with Gasteiger partial charge in [0.05, 0.1) is 19.9 Å². The molecule has 0 aliphatic rings. The van der Waals surface area contributed by atoms with Crippen molar-refractivity contribution in [2.75, 3.05) is 25.4 Å². The lowest BCUT2D eigenvalue weighted by atomic mass is 10.2. The first-order valence-electron chi connectivity index (χ1n) is 5.99. The number of rotatable bonds is 6. The lowest BCUT2D eigenvalue weighted by Crippen LogP contribution is -2.34. The van der Waals surface area contributed by atoms with E-state index in [1.165, 1.54) is 0 Å². The highest BCUT2D eigenvalue weighted by atomic mass is 35.5. The summed E-state index contributed by atoms with van der Waals surface area (Å²) in [6.45, 7) is 0. The van der Waals surface area contributed by atoms with Gasteiger partial charge in [0.1, 0.15) is 11.5 Å². The number of carbonyl (C=O) groups is 1. The van der Waals surface area contributed by atoms with E-state index in [9.17, 15) is 4.79 Å². The fourth-order valence-corrected chi connectivity index (χ4v) is 1.84. The van der Waals surface area contributed by atoms with Gasteiger partial charge in [-0.25, -0.2) is 0 Å². The summed E-state index contributed by atoms with van der Waals surface area (Å²) < 4.78 is 10.3. The van der Waals surface area contributed by atoms with Crippen molar-refractivity contribution in [1.29, 1.82) is 0 Å². The number of halogens is 1. The molecule has 20 heavy (non-hydrogen) atoms. The Kier molecular flexibility index (Phi) is 7.11. The molecule has 5 nitrogen and oxygen atoms in total. The first-order valence-corrected chi connectivity index (χ1v) is 6.93. The number of amides is 1. The van der Waals surface area contributed by atoms with Crippen LogP contribution >= 0.6 is 23.8 Å². The van der Waals surface area contributed by atoms with Gasteiger partial charge in [-0.05, 0) is 30.8 Å². The average Bonchev–Trinajstić information content (AvgIpc) is 2.44. The smallest absolute Gasteiger partial charge is 0.226 e. The third-order valence-electron chi connectivity index (χ3n) is 2.45. The van der Waals surface area contributed by atoms with Crippen LogP contribution in [0.5, 0.6) is 11.5 Å². The van der Waals surface area contributed by atoms with E-state index in [0.717, 1.165) is 0 Å². The number of ether oxygens (including phenoxy) is 2. The normalized spacial score (nSPS) is 9.75. The summed E-state index contributed by atoms with van der Waals surface area (Å²) in [4.78, 5) is 11.5. The number of anilines is 1. The second-order valence-corrected chi connectivity index (χ2v) is 4.65. The molecule has 7 heteroatoms. The molecule has 1 aromatic rings. The van der Waals surface area contributed by atoms with Crippen LogP contribution in [0, 0.1) is 0 Å². The molecule has 0 bridgehead atoms. The maximum atomic E-state index is 11.5. The maximum Gasteiger partial charge on any atom is 0.226 e. The molecule has 0 aliphatic heterocycles. The first-order chi connectivity index (χ1) is 9.60. The van der Waals surface area contributed by atoms with E-state index in [0.29, 0.717) is 35.9 Å². The first kappa shape index (κ1) is 16.5. The molecule has 0 fully saturated rings. The van der Waals surface area contributed by atoms with Crippen LogP contribution in [0.3, 0.4) is 0 Å². The molecular weight excluding hydrogens is 300 g/mol. The Labute approximate surface area is 128 Å². The standard InChI is InChI=1S/C13H17ClN2O3S/c1-18-9-5-6-11(19-2)10(8-9)15-13(20)16-12(17)4-3-7-14/h5-6,8H,3-4,7H2,1-2H3,(H2,15,16,17,20). The van der Waals surface area contributed by atoms with Crippen LogP contribution in [0.1, 0.15) is 12.8 Å². The highest BCUT2D eigenvalue weighted by molar-refractivity contribution is 7.80. The lowest BCUT2D eigenvalue weighted by Gasteiger charge is -2.13. The van der Waals surface area contributed by atoms with Crippen molar-refractivity contribution in [3.8, 4) is 11.5 Å². The molecule has 0 saturated heterocycles. The van der Waals surface area contributed by atoms with E-state index in [2.05, 4.69) is 10.6 Å². The van der Waals surface area contributed by atoms with Gasteiger partial charge in [0, 0.05) is 18.4 Å². The van der Waals surface area contributed by atoms with E-state index >= 15 is 0 Å². The highest BCUT2D eigenvalue weighted by Crippen LogP contribution is 2.28. The minimum atomic E-state index is -0.176. The molecule has 0 saturated carbocycles. The second kappa shape index (κ2) is 8.60. The van der Waals surface area contributed by atoms with Crippen molar-refractivity contribution >= 4 is 40.5 Å². The molecule has 1 amide bonds. The van der Waals surface area contributed by atoms with Gasteiger partial charge in [-0.3, -0.25) is 4.79 Å². The summed E-state index contributed by atoms with van der Waals surface area (Å²) in [5.41, 5.74) is 0.620. The van der Waals surface area contributed by atoms with Gasteiger partial charge in [-0.15, -0.1) is 11.6 Å². The van der Waals surface area contributed by atoms with Crippen LogP contribution in [0.25, 0.3) is 0 Å². The summed E-state index contributed by atoms with van der Waals surface area (Å²) in [5, 5.41) is 5.69. The fraction of sp³-hybridized carbons (Fsp3) is 0.385. The van der Waals surface area contributed by atoms with E-state index in [4.69, 9.17) is 33.3 Å². The average molecular weight is 317 g/mol. The zero-order valence-corrected chi connectivity index (χ0v) is 12.9. The van der Waals surface area contributed by atoms with Gasteiger partial charge < -0.3 is 20.1 Å². The SMILES string of the molecule is COc1ccc(OC)c(NC(=S)NC(=O)CCCCl)c1. The van der Waals surface area contributed by atoms with Crippen molar-refractivity contribution in [2.24, 2.45) is 0 Å². The minimum Gasteiger partial charge on any atom is -0.497 e. The molecule has 110 valence electrons. The lowest BCUT2D eigenvalue weighted by molar-refractivity contribution is -0.119. The summed E-state index contributed by atoms with van der Waals surface area (Å²) >= 11 is 10.6. The number of benzene rings is 1. The molecule has 0 aromatic heterocycles. The quantitative estimate of drug-likeness (QED) is 0.624. The van der Waals surface area contributed by atoms with Crippen molar-refractivity contribution in [2.45, 2.75) is 12.8 Å². The summed E-state index contributed by atoms with van der Waals surface area (Å²) in [5.74, 6) is 1.52. The third kappa shape index (κ3) is 5.22. The highest BCUT2D eigenvalue weighted by Gasteiger charge is 2.09. The second-order valence-electron chi connectivity index (χ2n) is 3.86. The third-order valence-corrected chi connectivity index (χ3v) is 2.92. The molecule has 2 N–H and O–H groups in total. The molecular formula is C13H17ClN2O3S. The van der Waals surface area contributed by atoms with Crippen LogP contribution < -0.4 is 20.1 Å². The number of nitrogens with one attached hydrogen (secondary N) is 2. The largest absolute Gasteiger partial charge is 0.497 e. The Hall–Kier alpha value is -1.53. The number of hydrogen-bond acceptors (Lipinski definition) is 4. The zero-order chi connectivity index (χ0) is 15.0. The Morgan fingerprint density at radius 3 is 2.70 bits per heavy atom. The Morgan fingerprint density at radius 1 is 1.35 bits per heavy atom. The molecule has 0 unspecified atom stereocenters. The van der Waals surface area contributed by atoms with Gasteiger partial charge >= 0.3 is 0 Å². The van der Waals surface area contributed by atoms with Crippen LogP contribution in [-0.2, 0) is 4.79 Å². The van der Waals surface area contributed by atoms with Crippen LogP contribution in [0.4, 0.5) is 5.69 Å². The van der Waals surface area contributed by atoms with Gasteiger partial charge in [-0.1, -0.05) is 0 Å². The van der Waals surface area contributed by atoms with Crippen LogP contribution in [0.15, 0.2) is 18.2 Å². The Morgan fingerprint density at radius 2 is 2.10 bits per heavy atom. The molecule has 0 spiro atoms. The van der Waals surface area contributed by atoms with E-state index in [-0.39, 0.29) is 11.0 Å². The molecule has 0 aliphatic carbocycles. The molecule has 0 radical (unpaired) electrons. The molecule has 1 aromatic carbocycles. The van der Waals surface area contributed by atoms with Crippen LogP contribution in [-0.4, -0.2) is 31.1 Å². The minimum absolute atomic E-state index is 0.176. The number of thiocarbonyl (C=S) groups is 1. The number of alkyl halides is 1. The van der Waals surface area contributed by atoms with E-state index < -0.39 is 0 Å². The topological polar surface area (TPSA) is 59.6 Å². The van der Waals surface area contributed by atoms with Gasteiger partial charge in [0.2, 0.25) is 5.91 Å². The van der Waals surface area contributed by atoms with Crippen molar-refractivity contribution < 1.29 is 14.3 Å². The molecule has 0 atom stereocenters. The monoisotopic (exact) mass is 316 g/mol. The summed E-state index contributed by atoms with van der Waals surface area (Å²) in [6.07, 6.45) is 0.944. The van der Waals surface area contributed by atoms with Gasteiger partial charge in [-0.2, -0.15) is 0 Å². The number of methoxy groups -OCH3 is 2. The van der Waals surface area contributed by atoms with Crippen molar-refractivity contribution in [3.63, 3.8) is 0 Å². The van der Waals surface area contributed by atoms with Crippen molar-refractivity contribution in [3.05, 3.63) is 18.2 Å². The summed E-state index contributed by atoms with van der Waals surface area (Å²) in [6, 6.07) is 5.25. The van der Waals surface area contributed by atoms with E-state index in [1.54, 1.807) is 32.4 Å². The Balaban J connectivity index is 2.67. The molecule has 0 heterocycles. The van der Waals surface area contributed by atoms with Crippen LogP contribution in [0.2, 0.25) is 0 Å². The van der Waals surface area contributed by atoms with Gasteiger partial charge in [0.25, 0.3) is 0 Å². The summed E-state index contributed by atoms with van der Waals surface area (Å²) in [7, 11) is 3.12. The van der Waals surface area contributed by atoms with E-state index in [1.807, 2.05) is 0 Å². The fourth-order valence-electron chi connectivity index (χ4n) is 1.48. The molecule has 1 rings (SSSR count). The Bertz CT molecular complexity index is 483. The van der Waals surface area contributed by atoms with Gasteiger partial charge in [0.15, 0.2) is 5.11 Å². The predicted octanol–water partition coefficient (Wildman–Crippen LogP) is 2.54. The zero-order valence-electron chi connectivity index (χ0n) is 11.4. The number of carbonyl (C=O) groups excluding carboxylic acids is 1. The van der Waals surface area contributed by atoms with Crippen molar-refractivity contribution in [1.82, 2.24) is 5.32 Å². The number of hydrogen-bond donors (Lipinski definition) is 2. The maximum absolute atomic E-state index is 11.5.